The van der Waals surface area contributed by atoms with E-state index in [0.29, 0.717) is 42.7 Å². The molecule has 6 atom stereocenters. The average molecular weight is 575 g/mol. The van der Waals surface area contributed by atoms with Crippen molar-refractivity contribution in [3.63, 3.8) is 0 Å². The number of ether oxygens (including phenoxy) is 3. The van der Waals surface area contributed by atoms with Gasteiger partial charge in [-0.3, -0.25) is 14.4 Å². The number of fused-ring (bicyclic) bond motifs is 1. The number of methoxy groups -OCH3 is 1. The average Bonchev–Trinajstić information content (AvgIpc) is 3.66. The van der Waals surface area contributed by atoms with Gasteiger partial charge in [-0.15, -0.1) is 13.2 Å². The Bertz CT molecular complexity index is 1310. The van der Waals surface area contributed by atoms with E-state index in [1.165, 1.54) is 4.90 Å². The van der Waals surface area contributed by atoms with Gasteiger partial charge in [0.15, 0.2) is 0 Å². The lowest BCUT2D eigenvalue weighted by atomic mass is 9.70. The maximum absolute atomic E-state index is 14.7. The van der Waals surface area contributed by atoms with Crippen LogP contribution < -0.4 is 9.64 Å². The number of aliphatic hydroxyl groups is 1. The van der Waals surface area contributed by atoms with Crippen molar-refractivity contribution in [3.05, 3.63) is 85.5 Å². The standard InChI is InChI=1S/C33H38N2O7/c1-4-6-10-20-41-32(39)27-26-17-18-33(42-26)28(27)30(37)35(25(21-36)22-11-8-7-9-12-22)29(33)31(38)34(19-5-2)23-13-15-24(40-3)16-14-23/h4-5,7-9,11-16,25-29,36H,1-2,6,10,17-21H2,3H3/t25-,26+,27-,28+,29?,33?/m1/s1. The van der Waals surface area contributed by atoms with Crippen LogP contribution in [-0.4, -0.2) is 72.4 Å². The first kappa shape index (κ1) is 29.5. The Kier molecular flexibility index (Phi) is 8.80. The van der Waals surface area contributed by atoms with E-state index in [0.717, 1.165) is 0 Å². The fourth-order valence-electron chi connectivity index (χ4n) is 6.86. The smallest absolute Gasteiger partial charge is 0.312 e. The third-order valence-electron chi connectivity index (χ3n) is 8.70. The number of aliphatic hydroxyl groups excluding tert-OH is 1. The monoisotopic (exact) mass is 574 g/mol. The summed E-state index contributed by atoms with van der Waals surface area (Å²) in [6, 6.07) is 14.3. The van der Waals surface area contributed by atoms with Crippen LogP contribution in [0, 0.1) is 11.8 Å². The number of allylic oxidation sites excluding steroid dienone is 1. The fraction of sp³-hybridized carbons (Fsp3) is 0.424. The Morgan fingerprint density at radius 2 is 1.90 bits per heavy atom. The van der Waals surface area contributed by atoms with Gasteiger partial charge in [0, 0.05) is 12.2 Å². The molecule has 0 saturated carbocycles. The van der Waals surface area contributed by atoms with Gasteiger partial charge in [0.2, 0.25) is 5.91 Å². The molecular formula is C33H38N2O7. The summed E-state index contributed by atoms with van der Waals surface area (Å²) in [5.74, 6) is -2.35. The lowest BCUT2D eigenvalue weighted by Crippen LogP contribution is -2.57. The highest BCUT2D eigenvalue weighted by molar-refractivity contribution is 6.05. The van der Waals surface area contributed by atoms with Crippen LogP contribution in [0.4, 0.5) is 5.69 Å². The van der Waals surface area contributed by atoms with E-state index in [1.54, 1.807) is 48.4 Å². The summed E-state index contributed by atoms with van der Waals surface area (Å²) in [7, 11) is 1.57. The van der Waals surface area contributed by atoms with Crippen molar-refractivity contribution in [2.75, 3.05) is 31.8 Å². The molecule has 2 bridgehead atoms. The second-order valence-electron chi connectivity index (χ2n) is 10.9. The van der Waals surface area contributed by atoms with Gasteiger partial charge in [0.25, 0.3) is 5.91 Å². The first-order valence-corrected chi connectivity index (χ1v) is 14.4. The molecular weight excluding hydrogens is 536 g/mol. The van der Waals surface area contributed by atoms with E-state index in [1.807, 2.05) is 30.3 Å². The van der Waals surface area contributed by atoms with E-state index < -0.39 is 48.2 Å². The maximum atomic E-state index is 14.7. The SMILES string of the molecule is C=CCCCOC(=O)[C@@H]1[C@@H]2CCC3(O2)C(C(=O)N(CC=C)c2ccc(OC)cc2)N([C@H](CO)c2ccccc2)C(=O)[C@H]13. The van der Waals surface area contributed by atoms with E-state index in [9.17, 15) is 19.5 Å². The summed E-state index contributed by atoms with van der Waals surface area (Å²) < 4.78 is 17.5. The molecule has 3 aliphatic heterocycles. The molecule has 2 unspecified atom stereocenters. The molecule has 5 rings (SSSR count). The number of unbranched alkanes of at least 4 members (excludes halogenated alkanes) is 1. The summed E-state index contributed by atoms with van der Waals surface area (Å²) in [5.41, 5.74) is 0.0387. The quantitative estimate of drug-likeness (QED) is 0.220. The van der Waals surface area contributed by atoms with Gasteiger partial charge in [0.1, 0.15) is 17.4 Å². The molecule has 42 heavy (non-hydrogen) atoms. The Morgan fingerprint density at radius 1 is 1.17 bits per heavy atom. The van der Waals surface area contributed by atoms with Crippen LogP contribution in [0.1, 0.15) is 37.3 Å². The molecule has 2 aromatic carbocycles. The number of carbonyl (C=O) groups is 3. The molecule has 3 saturated heterocycles. The van der Waals surface area contributed by atoms with Crippen molar-refractivity contribution >= 4 is 23.5 Å². The molecule has 1 spiro atoms. The van der Waals surface area contributed by atoms with Crippen molar-refractivity contribution in [2.45, 2.75) is 49.5 Å². The number of esters is 1. The highest BCUT2D eigenvalue weighted by Crippen LogP contribution is 2.60. The van der Waals surface area contributed by atoms with Gasteiger partial charge >= 0.3 is 5.97 Å². The summed E-state index contributed by atoms with van der Waals surface area (Å²) in [6.07, 6.45) is 5.13. The van der Waals surface area contributed by atoms with E-state index >= 15 is 0 Å². The van der Waals surface area contributed by atoms with E-state index in [4.69, 9.17) is 14.2 Å². The highest BCUT2D eigenvalue weighted by atomic mass is 16.6. The first-order valence-electron chi connectivity index (χ1n) is 14.4. The zero-order valence-electron chi connectivity index (χ0n) is 23.9. The zero-order chi connectivity index (χ0) is 29.9. The van der Waals surface area contributed by atoms with Gasteiger partial charge in [0.05, 0.1) is 44.3 Å². The van der Waals surface area contributed by atoms with Crippen LogP contribution in [0.15, 0.2) is 79.9 Å². The lowest BCUT2D eigenvalue weighted by Gasteiger charge is -2.39. The van der Waals surface area contributed by atoms with Gasteiger partial charge in [-0.1, -0.05) is 42.5 Å². The van der Waals surface area contributed by atoms with Crippen molar-refractivity contribution in [2.24, 2.45) is 11.8 Å². The number of likely N-dealkylation sites (tertiary alicyclic amines) is 1. The molecule has 0 aliphatic carbocycles. The Morgan fingerprint density at radius 3 is 2.55 bits per heavy atom. The van der Waals surface area contributed by atoms with Crippen LogP contribution in [0.25, 0.3) is 0 Å². The fourth-order valence-corrected chi connectivity index (χ4v) is 6.86. The molecule has 3 fully saturated rings. The molecule has 9 nitrogen and oxygen atoms in total. The number of benzene rings is 2. The molecule has 0 aromatic heterocycles. The van der Waals surface area contributed by atoms with Crippen molar-refractivity contribution in [1.29, 1.82) is 0 Å². The second-order valence-corrected chi connectivity index (χ2v) is 10.9. The van der Waals surface area contributed by atoms with Crippen LogP contribution in [-0.2, 0) is 23.9 Å². The number of carbonyl (C=O) groups excluding carboxylic acids is 3. The lowest BCUT2D eigenvalue weighted by molar-refractivity contribution is -0.156. The van der Waals surface area contributed by atoms with Gasteiger partial charge in [-0.05, 0) is 55.5 Å². The zero-order valence-corrected chi connectivity index (χ0v) is 23.9. The Hall–Kier alpha value is -3.95. The van der Waals surface area contributed by atoms with E-state index in [-0.39, 0.29) is 25.0 Å². The normalized spacial score (nSPS) is 26.4. The van der Waals surface area contributed by atoms with Gasteiger partial charge in [-0.25, -0.2) is 0 Å². The molecule has 3 heterocycles. The summed E-state index contributed by atoms with van der Waals surface area (Å²) in [4.78, 5) is 45.6. The Balaban J connectivity index is 1.57. The van der Waals surface area contributed by atoms with Crippen LogP contribution in [0.2, 0.25) is 0 Å². The van der Waals surface area contributed by atoms with Crippen molar-refractivity contribution in [1.82, 2.24) is 4.90 Å². The number of anilines is 1. The maximum Gasteiger partial charge on any atom is 0.312 e. The topological polar surface area (TPSA) is 106 Å². The number of rotatable bonds is 13. The van der Waals surface area contributed by atoms with Crippen LogP contribution in [0.5, 0.6) is 5.75 Å². The second kappa shape index (κ2) is 12.5. The molecule has 1 N–H and O–H groups in total. The third-order valence-corrected chi connectivity index (χ3v) is 8.70. The van der Waals surface area contributed by atoms with Gasteiger partial charge in [-0.2, -0.15) is 0 Å². The van der Waals surface area contributed by atoms with E-state index in [2.05, 4.69) is 13.2 Å². The van der Waals surface area contributed by atoms with Crippen LogP contribution in [0.3, 0.4) is 0 Å². The summed E-state index contributed by atoms with van der Waals surface area (Å²) in [6.45, 7) is 7.53. The largest absolute Gasteiger partial charge is 0.497 e. The number of hydrogen-bond donors (Lipinski definition) is 1. The molecule has 0 radical (unpaired) electrons. The van der Waals surface area contributed by atoms with Crippen molar-refractivity contribution < 1.29 is 33.7 Å². The van der Waals surface area contributed by atoms with Crippen molar-refractivity contribution in [3.8, 4) is 5.75 Å². The first-order chi connectivity index (χ1) is 20.4. The predicted molar refractivity (Wildman–Crippen MR) is 157 cm³/mol. The predicted octanol–water partition coefficient (Wildman–Crippen LogP) is 3.83. The third kappa shape index (κ3) is 5.01. The molecule has 2 amide bonds. The molecule has 9 heteroatoms. The van der Waals surface area contributed by atoms with Gasteiger partial charge < -0.3 is 29.1 Å². The molecule has 222 valence electrons. The number of nitrogens with zero attached hydrogens (tertiary/aromatic N) is 2. The minimum Gasteiger partial charge on any atom is -0.497 e. The Labute approximate surface area is 246 Å². The summed E-state index contributed by atoms with van der Waals surface area (Å²) >= 11 is 0. The minimum absolute atomic E-state index is 0.178. The molecule has 3 aliphatic rings. The summed E-state index contributed by atoms with van der Waals surface area (Å²) in [5, 5.41) is 10.7. The van der Waals surface area contributed by atoms with Crippen LogP contribution >= 0.6 is 0 Å². The molecule has 2 aromatic rings. The number of amides is 2. The minimum atomic E-state index is -1.24. The highest BCUT2D eigenvalue weighted by Gasteiger charge is 2.75. The number of hydrogen-bond acceptors (Lipinski definition) is 7.